The van der Waals surface area contributed by atoms with Crippen LogP contribution in [0.1, 0.15) is 36.2 Å². The Morgan fingerprint density at radius 2 is 1.97 bits per heavy atom. The van der Waals surface area contributed by atoms with E-state index in [-0.39, 0.29) is 61.3 Å². The number of nitrogens with zero attached hydrogens (tertiary/aromatic N) is 2. The van der Waals surface area contributed by atoms with Gasteiger partial charge in [0.1, 0.15) is 18.9 Å². The van der Waals surface area contributed by atoms with Crippen molar-refractivity contribution in [1.82, 2.24) is 10.2 Å². The van der Waals surface area contributed by atoms with E-state index < -0.39 is 5.91 Å². The zero-order valence-corrected chi connectivity index (χ0v) is 19.5. The van der Waals surface area contributed by atoms with Crippen molar-refractivity contribution in [3.05, 3.63) is 58.6 Å². The number of anilines is 1. The average molecular weight is 474 g/mol. The lowest BCUT2D eigenvalue weighted by Crippen LogP contribution is -2.45. The molecule has 2 aromatic carbocycles. The number of rotatable bonds is 8. The predicted octanol–water partition coefficient (Wildman–Crippen LogP) is 2.61. The lowest BCUT2D eigenvalue weighted by atomic mass is 10.1. The SMILES string of the molecule is CCC(C)NC(=O)CN1Cc2ccccc2N(C(=O)c2ccc(OCCO)cc2Cl)CC1=O. The van der Waals surface area contributed by atoms with E-state index in [0.29, 0.717) is 11.4 Å². The maximum absolute atomic E-state index is 13.4. The first-order chi connectivity index (χ1) is 15.8. The van der Waals surface area contributed by atoms with E-state index in [1.54, 1.807) is 18.2 Å². The summed E-state index contributed by atoms with van der Waals surface area (Å²) in [7, 11) is 0. The molecule has 0 bridgehead atoms. The van der Waals surface area contributed by atoms with Crippen molar-refractivity contribution in [1.29, 1.82) is 0 Å². The average Bonchev–Trinajstić information content (AvgIpc) is 2.93. The number of aliphatic hydroxyl groups excluding tert-OH is 1. The zero-order valence-electron chi connectivity index (χ0n) is 18.7. The van der Waals surface area contributed by atoms with Gasteiger partial charge in [0.2, 0.25) is 11.8 Å². The molecule has 8 nitrogen and oxygen atoms in total. The molecule has 1 atom stereocenters. The largest absolute Gasteiger partial charge is 0.491 e. The minimum atomic E-state index is -0.430. The summed E-state index contributed by atoms with van der Waals surface area (Å²) in [6.07, 6.45) is 0.787. The number of carbonyl (C=O) groups is 3. The van der Waals surface area contributed by atoms with Crippen molar-refractivity contribution in [3.8, 4) is 5.75 Å². The van der Waals surface area contributed by atoms with Crippen LogP contribution in [-0.4, -0.2) is 60.1 Å². The Bertz CT molecular complexity index is 1030. The Balaban J connectivity index is 1.86. The Hall–Kier alpha value is -3.10. The third-order valence-electron chi connectivity index (χ3n) is 5.42. The van der Waals surface area contributed by atoms with Crippen LogP contribution in [0.5, 0.6) is 5.75 Å². The number of para-hydroxylation sites is 1. The van der Waals surface area contributed by atoms with Gasteiger partial charge in [0.15, 0.2) is 0 Å². The highest BCUT2D eigenvalue weighted by molar-refractivity contribution is 6.34. The number of hydrogen-bond acceptors (Lipinski definition) is 5. The van der Waals surface area contributed by atoms with Crippen LogP contribution in [0.2, 0.25) is 5.02 Å². The van der Waals surface area contributed by atoms with Crippen molar-refractivity contribution in [3.63, 3.8) is 0 Å². The molecule has 0 aliphatic carbocycles. The molecule has 176 valence electrons. The molecular weight excluding hydrogens is 446 g/mol. The minimum Gasteiger partial charge on any atom is -0.491 e. The molecule has 0 radical (unpaired) electrons. The van der Waals surface area contributed by atoms with Crippen molar-refractivity contribution in [2.45, 2.75) is 32.9 Å². The minimum absolute atomic E-state index is 0.0106. The summed E-state index contributed by atoms with van der Waals surface area (Å²) < 4.78 is 5.34. The van der Waals surface area contributed by atoms with Gasteiger partial charge in [-0.25, -0.2) is 0 Å². The normalized spacial score (nSPS) is 14.4. The number of amides is 3. The number of fused-ring (bicyclic) bond motifs is 1. The standard InChI is InChI=1S/C24H28ClN3O5/c1-3-16(2)26-22(30)14-27-13-17-6-4-5-7-21(17)28(15-23(27)31)24(32)19-9-8-18(12-20(19)25)33-11-10-29/h4-9,12,16,29H,3,10-11,13-15H2,1-2H3,(H,26,30). The van der Waals surface area contributed by atoms with Gasteiger partial charge >= 0.3 is 0 Å². The molecule has 0 spiro atoms. The number of benzene rings is 2. The number of nitrogens with one attached hydrogen (secondary N) is 1. The molecule has 33 heavy (non-hydrogen) atoms. The zero-order chi connectivity index (χ0) is 24.0. The molecule has 1 heterocycles. The predicted molar refractivity (Wildman–Crippen MR) is 125 cm³/mol. The van der Waals surface area contributed by atoms with Crippen LogP contribution in [-0.2, 0) is 16.1 Å². The summed E-state index contributed by atoms with van der Waals surface area (Å²) in [4.78, 5) is 41.7. The highest BCUT2D eigenvalue weighted by atomic mass is 35.5. The fourth-order valence-electron chi connectivity index (χ4n) is 3.51. The van der Waals surface area contributed by atoms with Crippen LogP contribution < -0.4 is 15.0 Å². The van der Waals surface area contributed by atoms with E-state index >= 15 is 0 Å². The van der Waals surface area contributed by atoms with E-state index in [9.17, 15) is 14.4 Å². The number of ether oxygens (including phenoxy) is 1. The van der Waals surface area contributed by atoms with E-state index in [0.717, 1.165) is 12.0 Å². The van der Waals surface area contributed by atoms with Crippen molar-refractivity contribution >= 4 is 35.0 Å². The van der Waals surface area contributed by atoms with Gasteiger partial charge < -0.3 is 20.1 Å². The summed E-state index contributed by atoms with van der Waals surface area (Å²) in [6.45, 7) is 3.76. The first-order valence-electron chi connectivity index (χ1n) is 10.8. The molecule has 1 aliphatic rings. The van der Waals surface area contributed by atoms with Crippen molar-refractivity contribution in [2.24, 2.45) is 0 Å². The second kappa shape index (κ2) is 11.2. The fourth-order valence-corrected chi connectivity index (χ4v) is 3.76. The van der Waals surface area contributed by atoms with Gasteiger partial charge in [-0.15, -0.1) is 0 Å². The van der Waals surface area contributed by atoms with Crippen LogP contribution in [0.3, 0.4) is 0 Å². The number of carbonyl (C=O) groups excluding carboxylic acids is 3. The van der Waals surface area contributed by atoms with Crippen molar-refractivity contribution in [2.75, 3.05) is 31.2 Å². The maximum atomic E-state index is 13.4. The highest BCUT2D eigenvalue weighted by Crippen LogP contribution is 2.30. The number of aliphatic hydroxyl groups is 1. The Morgan fingerprint density at radius 3 is 2.67 bits per heavy atom. The summed E-state index contributed by atoms with van der Waals surface area (Å²) in [5.41, 5.74) is 1.57. The lowest BCUT2D eigenvalue weighted by Gasteiger charge is -2.23. The Kier molecular flexibility index (Phi) is 8.30. The van der Waals surface area contributed by atoms with Gasteiger partial charge in [-0.05, 0) is 43.2 Å². The van der Waals surface area contributed by atoms with Crippen LogP contribution in [0.15, 0.2) is 42.5 Å². The van der Waals surface area contributed by atoms with Gasteiger partial charge in [0.25, 0.3) is 5.91 Å². The van der Waals surface area contributed by atoms with Gasteiger partial charge in [0.05, 0.1) is 23.7 Å². The monoisotopic (exact) mass is 473 g/mol. The molecular formula is C24H28ClN3O5. The fraction of sp³-hybridized carbons (Fsp3) is 0.375. The van der Waals surface area contributed by atoms with E-state index in [1.807, 2.05) is 26.0 Å². The summed E-state index contributed by atoms with van der Waals surface area (Å²) in [5, 5.41) is 12.0. The molecule has 2 aromatic rings. The molecule has 0 fully saturated rings. The van der Waals surface area contributed by atoms with Crippen molar-refractivity contribution < 1.29 is 24.2 Å². The van der Waals surface area contributed by atoms with E-state index in [2.05, 4.69) is 5.32 Å². The summed E-state index contributed by atoms with van der Waals surface area (Å²) in [6, 6.07) is 11.9. The Morgan fingerprint density at radius 1 is 1.21 bits per heavy atom. The Labute approximate surface area is 198 Å². The van der Waals surface area contributed by atoms with E-state index in [4.69, 9.17) is 21.4 Å². The molecule has 0 saturated carbocycles. The molecule has 3 amide bonds. The molecule has 3 rings (SSSR count). The first-order valence-corrected chi connectivity index (χ1v) is 11.2. The third-order valence-corrected chi connectivity index (χ3v) is 5.73. The lowest BCUT2D eigenvalue weighted by molar-refractivity contribution is -0.135. The molecule has 2 N–H and O–H groups in total. The van der Waals surface area contributed by atoms with Gasteiger partial charge in [-0.3, -0.25) is 19.3 Å². The quantitative estimate of drug-likeness (QED) is 0.614. The summed E-state index contributed by atoms with van der Waals surface area (Å²) >= 11 is 6.35. The smallest absolute Gasteiger partial charge is 0.260 e. The second-order valence-electron chi connectivity index (χ2n) is 7.86. The third kappa shape index (κ3) is 6.03. The first kappa shape index (κ1) is 24.5. The molecule has 1 unspecified atom stereocenters. The molecule has 0 aromatic heterocycles. The van der Waals surface area contributed by atoms with Gasteiger partial charge in [0, 0.05) is 18.3 Å². The molecule has 1 aliphatic heterocycles. The highest BCUT2D eigenvalue weighted by Gasteiger charge is 2.31. The van der Waals surface area contributed by atoms with Gasteiger partial charge in [-0.2, -0.15) is 0 Å². The molecule has 9 heteroatoms. The van der Waals surface area contributed by atoms with Crippen LogP contribution in [0.4, 0.5) is 5.69 Å². The second-order valence-corrected chi connectivity index (χ2v) is 8.27. The van der Waals surface area contributed by atoms with Crippen LogP contribution >= 0.6 is 11.6 Å². The topological polar surface area (TPSA) is 99.2 Å². The maximum Gasteiger partial charge on any atom is 0.260 e. The summed E-state index contributed by atoms with van der Waals surface area (Å²) in [5.74, 6) is -0.578. The number of halogens is 1. The number of hydrogen-bond donors (Lipinski definition) is 2. The van der Waals surface area contributed by atoms with Crippen LogP contribution in [0.25, 0.3) is 0 Å². The van der Waals surface area contributed by atoms with Gasteiger partial charge in [-0.1, -0.05) is 36.7 Å². The van der Waals surface area contributed by atoms with E-state index in [1.165, 1.54) is 21.9 Å². The molecule has 0 saturated heterocycles. The van der Waals surface area contributed by atoms with Crippen LogP contribution in [0, 0.1) is 0 Å².